The van der Waals surface area contributed by atoms with Crippen molar-refractivity contribution in [1.82, 2.24) is 0 Å². The van der Waals surface area contributed by atoms with Crippen molar-refractivity contribution in [1.29, 1.82) is 0 Å². The minimum atomic E-state index is 0.452. The van der Waals surface area contributed by atoms with Crippen LogP contribution in [0.4, 0.5) is 45.5 Å². The van der Waals surface area contributed by atoms with E-state index in [1.54, 1.807) is 0 Å². The van der Waals surface area contributed by atoms with Crippen molar-refractivity contribution in [3.8, 4) is 44.5 Å². The molecule has 8 nitrogen and oxygen atoms in total. The predicted molar refractivity (Wildman–Crippen MR) is 137 cm³/mol. The third kappa shape index (κ3) is 2.63. The van der Waals surface area contributed by atoms with Gasteiger partial charge in [0.05, 0.1) is 45.5 Å². The molecule has 0 amide bonds. The summed E-state index contributed by atoms with van der Waals surface area (Å²) in [5.74, 6) is 0. The average Bonchev–Trinajstić information content (AvgIpc) is 2.74. The fraction of sp³-hybridized carbons (Fsp3) is 0. The molecule has 1 aliphatic carbocycles. The van der Waals surface area contributed by atoms with Crippen molar-refractivity contribution >= 4 is 45.5 Å². The van der Waals surface area contributed by atoms with Crippen LogP contribution in [0.1, 0.15) is 0 Å². The zero-order valence-corrected chi connectivity index (χ0v) is 17.2. The molecule has 160 valence electrons. The summed E-state index contributed by atoms with van der Waals surface area (Å²) in [5.41, 5.74) is 60.0. The zero-order chi connectivity index (χ0) is 22.9. The molecule has 8 heteroatoms. The molecule has 0 radical (unpaired) electrons. The number of rotatable bonds is 0. The van der Waals surface area contributed by atoms with E-state index in [1.807, 2.05) is 48.5 Å². The fourth-order valence-corrected chi connectivity index (χ4v) is 4.32. The van der Waals surface area contributed by atoms with Crippen LogP contribution in [0.15, 0.2) is 48.5 Å². The number of fused-ring (bicyclic) bond motifs is 8. The van der Waals surface area contributed by atoms with Crippen molar-refractivity contribution in [2.24, 2.45) is 0 Å². The summed E-state index contributed by atoms with van der Waals surface area (Å²) in [6.45, 7) is 0. The van der Waals surface area contributed by atoms with Gasteiger partial charge in [-0.1, -0.05) is 0 Å². The highest BCUT2D eigenvalue weighted by molar-refractivity contribution is 6.08. The van der Waals surface area contributed by atoms with Gasteiger partial charge in [0.15, 0.2) is 0 Å². The maximum absolute atomic E-state index is 6.21. The number of nitrogens with two attached hydrogens (primary N) is 8. The van der Waals surface area contributed by atoms with E-state index in [4.69, 9.17) is 45.9 Å². The number of anilines is 8. The Balaban J connectivity index is 2.06. The van der Waals surface area contributed by atoms with Gasteiger partial charge in [0.25, 0.3) is 0 Å². The van der Waals surface area contributed by atoms with Gasteiger partial charge in [0.2, 0.25) is 0 Å². The first-order chi connectivity index (χ1) is 15.2. The molecule has 1 aliphatic rings. The van der Waals surface area contributed by atoms with E-state index < -0.39 is 0 Å². The van der Waals surface area contributed by atoms with E-state index in [2.05, 4.69) is 0 Å². The quantitative estimate of drug-likeness (QED) is 0.172. The molecule has 0 atom stereocenters. The van der Waals surface area contributed by atoms with Crippen LogP contribution < -0.4 is 45.9 Å². The highest BCUT2D eigenvalue weighted by atomic mass is 14.7. The van der Waals surface area contributed by atoms with Gasteiger partial charge < -0.3 is 45.9 Å². The highest BCUT2D eigenvalue weighted by Gasteiger charge is 2.25. The van der Waals surface area contributed by atoms with Crippen LogP contribution in [0.25, 0.3) is 44.5 Å². The van der Waals surface area contributed by atoms with Crippen LogP contribution >= 0.6 is 0 Å². The standard InChI is InChI=1S/C24H24N8/c25-17-1-9-10(2-18(17)26)12-4-21(29)22(30)6-14(12)16-8-24(32)23(31)7-15(16)13-5-20(28)19(27)3-11(9)13/h1-8H,25-32H2. The van der Waals surface area contributed by atoms with Gasteiger partial charge in [-0.3, -0.25) is 0 Å². The molecule has 0 saturated carbocycles. The molecule has 0 heterocycles. The lowest BCUT2D eigenvalue weighted by Gasteiger charge is -2.26. The van der Waals surface area contributed by atoms with Crippen LogP contribution in [0.2, 0.25) is 0 Å². The van der Waals surface area contributed by atoms with Crippen LogP contribution in [-0.2, 0) is 0 Å². The Bertz CT molecular complexity index is 1100. The molecule has 4 aromatic carbocycles. The SMILES string of the molecule is Nc1cc2c(cc1N)-c1cc(N)c(N)cc1-c1cc(N)c(N)cc1-c1cc(N)c(N)cc1-2. The van der Waals surface area contributed by atoms with Crippen LogP contribution in [0.5, 0.6) is 0 Å². The van der Waals surface area contributed by atoms with Crippen molar-refractivity contribution < 1.29 is 0 Å². The lowest BCUT2D eigenvalue weighted by molar-refractivity contribution is 1.51. The molecular formula is C24H24N8. The summed E-state index contributed by atoms with van der Waals surface area (Å²) in [4.78, 5) is 0. The van der Waals surface area contributed by atoms with E-state index >= 15 is 0 Å². The smallest absolute Gasteiger partial charge is 0.0554 e. The summed E-state index contributed by atoms with van der Waals surface area (Å²) in [6, 6.07) is 14.7. The van der Waals surface area contributed by atoms with Crippen LogP contribution in [0, 0.1) is 0 Å². The lowest BCUT2D eigenvalue weighted by atomic mass is 9.79. The molecule has 0 saturated heterocycles. The third-order valence-corrected chi connectivity index (χ3v) is 6.05. The topological polar surface area (TPSA) is 208 Å². The number of hydrogen-bond donors (Lipinski definition) is 8. The number of nitrogen functional groups attached to an aromatic ring is 8. The highest BCUT2D eigenvalue weighted by Crippen LogP contribution is 2.52. The molecule has 4 aromatic rings. The minimum Gasteiger partial charge on any atom is -0.397 e. The molecular weight excluding hydrogens is 400 g/mol. The molecule has 5 rings (SSSR count). The lowest BCUT2D eigenvalue weighted by Crippen LogP contribution is -2.06. The van der Waals surface area contributed by atoms with Gasteiger partial charge >= 0.3 is 0 Å². The number of hydrogen-bond acceptors (Lipinski definition) is 8. The van der Waals surface area contributed by atoms with Crippen molar-refractivity contribution in [2.45, 2.75) is 0 Å². The Labute approximate surface area is 184 Å². The normalized spacial score (nSPS) is 11.5. The molecule has 16 N–H and O–H groups in total. The van der Waals surface area contributed by atoms with Crippen LogP contribution in [-0.4, -0.2) is 0 Å². The fourth-order valence-electron chi connectivity index (χ4n) is 4.32. The molecule has 0 bridgehead atoms. The second-order valence-electron chi connectivity index (χ2n) is 8.11. The molecule has 0 fully saturated rings. The Morgan fingerprint density at radius 1 is 0.219 bits per heavy atom. The number of benzene rings is 4. The maximum Gasteiger partial charge on any atom is 0.0554 e. The van der Waals surface area contributed by atoms with Crippen molar-refractivity contribution in [3.63, 3.8) is 0 Å². The molecule has 0 spiro atoms. The first-order valence-electron chi connectivity index (χ1n) is 9.93. The Kier molecular flexibility index (Phi) is 3.84. The van der Waals surface area contributed by atoms with Gasteiger partial charge in [-0.05, 0) is 93.0 Å². The predicted octanol–water partition coefficient (Wildman–Crippen LogP) is 3.33. The van der Waals surface area contributed by atoms with E-state index in [-0.39, 0.29) is 0 Å². The average molecular weight is 425 g/mol. The van der Waals surface area contributed by atoms with Gasteiger partial charge in [-0.15, -0.1) is 0 Å². The summed E-state index contributed by atoms with van der Waals surface area (Å²) in [7, 11) is 0. The first-order valence-corrected chi connectivity index (χ1v) is 9.93. The van der Waals surface area contributed by atoms with E-state index in [1.165, 1.54) is 0 Å². The third-order valence-electron chi connectivity index (χ3n) is 6.05. The summed E-state index contributed by atoms with van der Waals surface area (Å²) in [5, 5.41) is 0. The van der Waals surface area contributed by atoms with Crippen molar-refractivity contribution in [2.75, 3.05) is 45.9 Å². The first kappa shape index (κ1) is 19.3. The van der Waals surface area contributed by atoms with Gasteiger partial charge in [0, 0.05) is 0 Å². The molecule has 32 heavy (non-hydrogen) atoms. The minimum absolute atomic E-state index is 0.452. The maximum atomic E-state index is 6.21. The Morgan fingerprint density at radius 3 is 0.406 bits per heavy atom. The Morgan fingerprint density at radius 2 is 0.312 bits per heavy atom. The van der Waals surface area contributed by atoms with Gasteiger partial charge in [-0.25, -0.2) is 0 Å². The molecule has 0 aromatic heterocycles. The monoisotopic (exact) mass is 424 g/mol. The van der Waals surface area contributed by atoms with Crippen molar-refractivity contribution in [3.05, 3.63) is 48.5 Å². The van der Waals surface area contributed by atoms with Gasteiger partial charge in [-0.2, -0.15) is 0 Å². The summed E-state index contributed by atoms with van der Waals surface area (Å²) >= 11 is 0. The van der Waals surface area contributed by atoms with Crippen LogP contribution in [0.3, 0.4) is 0 Å². The summed E-state index contributed by atoms with van der Waals surface area (Å²) in [6.07, 6.45) is 0. The molecule has 0 aliphatic heterocycles. The van der Waals surface area contributed by atoms with Gasteiger partial charge in [0.1, 0.15) is 0 Å². The largest absolute Gasteiger partial charge is 0.397 e. The summed E-state index contributed by atoms with van der Waals surface area (Å²) < 4.78 is 0. The van der Waals surface area contributed by atoms with E-state index in [0.29, 0.717) is 45.5 Å². The Hall–Kier alpha value is -4.72. The zero-order valence-electron chi connectivity index (χ0n) is 17.2. The second-order valence-corrected chi connectivity index (χ2v) is 8.11. The second kappa shape index (κ2) is 6.39. The van der Waals surface area contributed by atoms with E-state index in [9.17, 15) is 0 Å². The molecule has 0 unspecified atom stereocenters. The van der Waals surface area contributed by atoms with E-state index in [0.717, 1.165) is 44.5 Å².